The average Bonchev–Trinajstić information content (AvgIpc) is 2.57. The van der Waals surface area contributed by atoms with Gasteiger partial charge in [-0.2, -0.15) is 4.98 Å². The van der Waals surface area contributed by atoms with Crippen LogP contribution in [0.2, 0.25) is 0 Å². The lowest BCUT2D eigenvalue weighted by molar-refractivity contribution is -0.0549. The highest BCUT2D eigenvalue weighted by atomic mass is 35.5. The van der Waals surface area contributed by atoms with Crippen LogP contribution in [0.4, 0.5) is 5.82 Å². The van der Waals surface area contributed by atoms with Gasteiger partial charge in [-0.1, -0.05) is 0 Å². The Labute approximate surface area is 108 Å². The molecule has 1 aliphatic heterocycles. The minimum atomic E-state index is -1.31. The first-order valence-corrected chi connectivity index (χ1v) is 5.01. The summed E-state index contributed by atoms with van der Waals surface area (Å²) in [5.41, 5.74) is 4.63. The lowest BCUT2D eigenvalue weighted by atomic mass is 10.1. The Morgan fingerprint density at radius 2 is 2.11 bits per heavy atom. The van der Waals surface area contributed by atoms with Gasteiger partial charge in [0.25, 0.3) is 0 Å². The minimum absolute atomic E-state index is 0. The lowest BCUT2D eigenvalue weighted by Gasteiger charge is -2.16. The third-order valence-corrected chi connectivity index (χ3v) is 2.64. The van der Waals surface area contributed by atoms with Crippen molar-refractivity contribution in [2.45, 2.75) is 24.5 Å². The molecule has 9 heteroatoms. The molecule has 1 aromatic rings. The molecule has 2 heterocycles. The van der Waals surface area contributed by atoms with Gasteiger partial charge in [0.05, 0.1) is 6.61 Å². The number of halogens is 1. The average molecular weight is 280 g/mol. The first-order valence-electron chi connectivity index (χ1n) is 5.01. The number of aliphatic hydroxyl groups is 3. The van der Waals surface area contributed by atoms with E-state index in [-0.39, 0.29) is 18.2 Å². The molecule has 2 rings (SSSR count). The number of nitrogen functional groups attached to an aromatic ring is 1. The van der Waals surface area contributed by atoms with Gasteiger partial charge in [0.2, 0.25) is 0 Å². The molecular weight excluding hydrogens is 266 g/mol. The summed E-state index contributed by atoms with van der Waals surface area (Å²) in [7, 11) is 0. The van der Waals surface area contributed by atoms with Crippen LogP contribution in [0.3, 0.4) is 0 Å². The summed E-state index contributed by atoms with van der Waals surface area (Å²) < 4.78 is 6.19. The number of nitrogens with zero attached hydrogens (tertiary/aromatic N) is 2. The van der Waals surface area contributed by atoms with E-state index in [1.807, 2.05) is 0 Å². The molecule has 0 unspecified atom stereocenters. The van der Waals surface area contributed by atoms with Crippen LogP contribution in [-0.4, -0.2) is 49.8 Å². The molecule has 4 atom stereocenters. The second-order valence-electron chi connectivity index (χ2n) is 3.77. The Kier molecular flexibility index (Phi) is 4.65. The van der Waals surface area contributed by atoms with E-state index in [4.69, 9.17) is 15.6 Å². The maximum atomic E-state index is 11.5. The van der Waals surface area contributed by atoms with Crippen LogP contribution in [0.1, 0.15) is 6.23 Å². The Bertz CT molecular complexity index is 468. The van der Waals surface area contributed by atoms with Crippen LogP contribution in [0.5, 0.6) is 0 Å². The van der Waals surface area contributed by atoms with Crippen LogP contribution >= 0.6 is 12.4 Å². The molecule has 18 heavy (non-hydrogen) atoms. The summed E-state index contributed by atoms with van der Waals surface area (Å²) in [4.78, 5) is 15.0. The SMILES string of the molecule is Cl.Nc1ccn([C@@H]2O[C@H](CO)[C@@H](O)[C@H]2O)c(=O)n1. The zero-order chi connectivity index (χ0) is 12.6. The number of hydrogen-bond acceptors (Lipinski definition) is 7. The molecule has 0 amide bonds. The Morgan fingerprint density at radius 1 is 1.44 bits per heavy atom. The summed E-state index contributed by atoms with van der Waals surface area (Å²) in [6.07, 6.45) is -3.27. The number of aromatic nitrogens is 2. The van der Waals surface area contributed by atoms with Crippen molar-refractivity contribution in [1.82, 2.24) is 9.55 Å². The predicted molar refractivity (Wildman–Crippen MR) is 63.2 cm³/mol. The van der Waals surface area contributed by atoms with Crippen molar-refractivity contribution < 1.29 is 20.1 Å². The van der Waals surface area contributed by atoms with E-state index in [0.29, 0.717) is 0 Å². The number of nitrogens with two attached hydrogens (primary N) is 1. The quantitative estimate of drug-likeness (QED) is 0.486. The second kappa shape index (κ2) is 5.63. The lowest BCUT2D eigenvalue weighted by Crippen LogP contribution is -2.36. The number of hydrogen-bond donors (Lipinski definition) is 4. The largest absolute Gasteiger partial charge is 0.394 e. The van der Waals surface area contributed by atoms with E-state index in [0.717, 1.165) is 4.57 Å². The summed E-state index contributed by atoms with van der Waals surface area (Å²) in [5.74, 6) is 0.0537. The predicted octanol–water partition coefficient (Wildman–Crippen LogP) is -2.14. The van der Waals surface area contributed by atoms with Gasteiger partial charge in [-0.25, -0.2) is 4.79 Å². The minimum Gasteiger partial charge on any atom is -0.394 e. The van der Waals surface area contributed by atoms with Gasteiger partial charge in [-0.3, -0.25) is 4.57 Å². The van der Waals surface area contributed by atoms with Crippen molar-refractivity contribution in [2.24, 2.45) is 0 Å². The van der Waals surface area contributed by atoms with Crippen LogP contribution in [0, 0.1) is 0 Å². The molecule has 0 bridgehead atoms. The van der Waals surface area contributed by atoms with E-state index >= 15 is 0 Å². The Hall–Kier alpha value is -1.19. The van der Waals surface area contributed by atoms with Crippen molar-refractivity contribution in [3.8, 4) is 0 Å². The van der Waals surface area contributed by atoms with Gasteiger partial charge in [-0.05, 0) is 6.07 Å². The van der Waals surface area contributed by atoms with Gasteiger partial charge in [-0.15, -0.1) is 12.4 Å². The molecule has 1 aromatic heterocycles. The Morgan fingerprint density at radius 3 is 2.61 bits per heavy atom. The number of anilines is 1. The zero-order valence-electron chi connectivity index (χ0n) is 9.21. The fourth-order valence-corrected chi connectivity index (χ4v) is 1.73. The molecule has 0 spiro atoms. The molecule has 1 fully saturated rings. The Balaban J connectivity index is 0.00000162. The number of rotatable bonds is 2. The monoisotopic (exact) mass is 279 g/mol. The summed E-state index contributed by atoms with van der Waals surface area (Å²) in [6, 6.07) is 1.37. The van der Waals surface area contributed by atoms with Gasteiger partial charge < -0.3 is 25.8 Å². The van der Waals surface area contributed by atoms with Crippen LogP contribution in [0.15, 0.2) is 17.1 Å². The van der Waals surface area contributed by atoms with Crippen molar-refractivity contribution in [2.75, 3.05) is 12.3 Å². The van der Waals surface area contributed by atoms with Gasteiger partial charge in [0.15, 0.2) is 6.23 Å². The van der Waals surface area contributed by atoms with Gasteiger partial charge in [0, 0.05) is 6.20 Å². The van der Waals surface area contributed by atoms with Gasteiger partial charge >= 0.3 is 5.69 Å². The fourth-order valence-electron chi connectivity index (χ4n) is 1.73. The zero-order valence-corrected chi connectivity index (χ0v) is 10.0. The summed E-state index contributed by atoms with van der Waals surface area (Å²) in [6.45, 7) is -0.453. The molecule has 1 aliphatic rings. The third kappa shape index (κ3) is 2.47. The molecule has 0 aromatic carbocycles. The third-order valence-electron chi connectivity index (χ3n) is 2.64. The van der Waals surface area contributed by atoms with E-state index in [9.17, 15) is 15.0 Å². The van der Waals surface area contributed by atoms with Crippen molar-refractivity contribution >= 4 is 18.2 Å². The molecule has 8 nitrogen and oxygen atoms in total. The van der Waals surface area contributed by atoms with Gasteiger partial charge in [0.1, 0.15) is 24.1 Å². The molecule has 102 valence electrons. The van der Waals surface area contributed by atoms with Crippen LogP contribution in [0.25, 0.3) is 0 Å². The first-order chi connectivity index (χ1) is 8.04. The van der Waals surface area contributed by atoms with E-state index in [2.05, 4.69) is 4.98 Å². The molecule has 0 saturated carbocycles. The fraction of sp³-hybridized carbons (Fsp3) is 0.556. The smallest absolute Gasteiger partial charge is 0.351 e. The molecule has 0 radical (unpaired) electrons. The number of ether oxygens (including phenoxy) is 1. The normalized spacial score (nSPS) is 31.1. The second-order valence-corrected chi connectivity index (χ2v) is 3.77. The highest BCUT2D eigenvalue weighted by Crippen LogP contribution is 2.27. The van der Waals surface area contributed by atoms with E-state index < -0.39 is 36.8 Å². The van der Waals surface area contributed by atoms with Crippen molar-refractivity contribution in [3.05, 3.63) is 22.7 Å². The summed E-state index contributed by atoms with van der Waals surface area (Å²) >= 11 is 0. The van der Waals surface area contributed by atoms with Crippen molar-refractivity contribution in [1.29, 1.82) is 0 Å². The number of aliphatic hydroxyl groups excluding tert-OH is 3. The van der Waals surface area contributed by atoms with Crippen LogP contribution < -0.4 is 11.4 Å². The molecular formula is C9H14ClN3O5. The molecule has 1 saturated heterocycles. The maximum Gasteiger partial charge on any atom is 0.351 e. The molecule has 0 aliphatic carbocycles. The standard InChI is InChI=1S/C9H13N3O5.ClH/c10-5-1-2-12(9(16)11-5)8-7(15)6(14)4(3-13)17-8;/h1-2,4,6-8,13-15H,3H2,(H2,10,11,16);1H/t4-,6-,7-,8-;/m1./s1. The van der Waals surface area contributed by atoms with E-state index in [1.54, 1.807) is 0 Å². The maximum absolute atomic E-state index is 11.5. The molecule has 5 N–H and O–H groups in total. The van der Waals surface area contributed by atoms with Crippen molar-refractivity contribution in [3.63, 3.8) is 0 Å². The highest BCUT2D eigenvalue weighted by molar-refractivity contribution is 5.85. The van der Waals surface area contributed by atoms with E-state index in [1.165, 1.54) is 12.3 Å². The first kappa shape index (κ1) is 14.9. The topological polar surface area (TPSA) is 131 Å². The van der Waals surface area contributed by atoms with Crippen LogP contribution in [-0.2, 0) is 4.74 Å². The highest BCUT2D eigenvalue weighted by Gasteiger charge is 2.43. The summed E-state index contributed by atoms with van der Waals surface area (Å²) in [5, 5.41) is 28.2.